The summed E-state index contributed by atoms with van der Waals surface area (Å²) in [6, 6.07) is -0.257. The standard InChI is InChI=1S/C11H17FN2O/c1-8-2-3-9(12)10(6-11(8)15)14-5-4-13-7-14/h4-5,7-11,15H,2-3,6H2,1H3/t8-,9+,10?,11?/m0/s1. The summed E-state index contributed by atoms with van der Waals surface area (Å²) in [7, 11) is 0. The summed E-state index contributed by atoms with van der Waals surface area (Å²) in [5.41, 5.74) is 0. The predicted octanol–water partition coefficient (Wildman–Crippen LogP) is 1.94. The average molecular weight is 212 g/mol. The van der Waals surface area contributed by atoms with Crippen LogP contribution in [0.5, 0.6) is 0 Å². The van der Waals surface area contributed by atoms with E-state index in [4.69, 9.17) is 0 Å². The predicted molar refractivity (Wildman–Crippen MR) is 55.2 cm³/mol. The molecule has 0 amide bonds. The highest BCUT2D eigenvalue weighted by molar-refractivity contribution is 4.89. The van der Waals surface area contributed by atoms with E-state index in [0.717, 1.165) is 6.42 Å². The van der Waals surface area contributed by atoms with Crippen LogP contribution in [0.1, 0.15) is 32.2 Å². The highest BCUT2D eigenvalue weighted by Gasteiger charge is 2.31. The van der Waals surface area contributed by atoms with E-state index in [0.29, 0.717) is 12.8 Å². The van der Waals surface area contributed by atoms with E-state index in [1.807, 2.05) is 6.92 Å². The lowest BCUT2D eigenvalue weighted by Gasteiger charge is -2.22. The summed E-state index contributed by atoms with van der Waals surface area (Å²) in [5, 5.41) is 9.84. The van der Waals surface area contributed by atoms with E-state index in [1.165, 1.54) is 0 Å². The minimum absolute atomic E-state index is 0.191. The first-order valence-corrected chi connectivity index (χ1v) is 5.48. The number of alkyl halides is 1. The molecule has 1 saturated carbocycles. The molecule has 4 atom stereocenters. The van der Waals surface area contributed by atoms with Crippen LogP contribution in [0.15, 0.2) is 18.7 Å². The molecule has 1 aliphatic rings. The van der Waals surface area contributed by atoms with Crippen LogP contribution in [0.2, 0.25) is 0 Å². The van der Waals surface area contributed by atoms with Gasteiger partial charge in [-0.3, -0.25) is 0 Å². The number of aliphatic hydroxyl groups excluding tert-OH is 1. The molecule has 0 radical (unpaired) electrons. The number of rotatable bonds is 1. The number of halogens is 1. The number of imidazole rings is 1. The van der Waals surface area contributed by atoms with Gasteiger partial charge in [0.15, 0.2) is 0 Å². The summed E-state index contributed by atoms with van der Waals surface area (Å²) in [6.07, 6.45) is 5.53. The van der Waals surface area contributed by atoms with Gasteiger partial charge in [0.05, 0.1) is 18.5 Å². The van der Waals surface area contributed by atoms with Crippen molar-refractivity contribution < 1.29 is 9.50 Å². The molecule has 1 aliphatic carbocycles. The van der Waals surface area contributed by atoms with Crippen molar-refractivity contribution in [2.24, 2.45) is 5.92 Å². The topological polar surface area (TPSA) is 38.0 Å². The molecule has 0 spiro atoms. The highest BCUT2D eigenvalue weighted by atomic mass is 19.1. The average Bonchev–Trinajstić information content (AvgIpc) is 2.70. The second-order valence-electron chi connectivity index (χ2n) is 4.45. The van der Waals surface area contributed by atoms with Gasteiger partial charge in [0.2, 0.25) is 0 Å². The van der Waals surface area contributed by atoms with E-state index in [9.17, 15) is 9.50 Å². The molecular formula is C11H17FN2O. The Labute approximate surface area is 88.9 Å². The number of nitrogens with zero attached hydrogens (tertiary/aromatic N) is 2. The molecular weight excluding hydrogens is 195 g/mol. The Hall–Kier alpha value is -0.900. The number of hydrogen-bond donors (Lipinski definition) is 1. The zero-order valence-corrected chi connectivity index (χ0v) is 8.88. The smallest absolute Gasteiger partial charge is 0.121 e. The van der Waals surface area contributed by atoms with Gasteiger partial charge in [0.25, 0.3) is 0 Å². The second kappa shape index (κ2) is 4.31. The molecule has 15 heavy (non-hydrogen) atoms. The van der Waals surface area contributed by atoms with Gasteiger partial charge in [-0.2, -0.15) is 0 Å². The normalized spacial score (nSPS) is 37.5. The van der Waals surface area contributed by atoms with Crippen LogP contribution in [-0.4, -0.2) is 26.9 Å². The van der Waals surface area contributed by atoms with E-state index < -0.39 is 12.3 Å². The Bertz CT molecular complexity index is 302. The molecule has 2 unspecified atom stereocenters. The van der Waals surface area contributed by atoms with Crippen molar-refractivity contribution in [1.29, 1.82) is 0 Å². The number of aliphatic hydroxyl groups is 1. The minimum Gasteiger partial charge on any atom is -0.393 e. The molecule has 3 nitrogen and oxygen atoms in total. The summed E-state index contributed by atoms with van der Waals surface area (Å²) in [4.78, 5) is 3.92. The van der Waals surface area contributed by atoms with Crippen molar-refractivity contribution in [3.63, 3.8) is 0 Å². The molecule has 0 saturated heterocycles. The molecule has 1 N–H and O–H groups in total. The first kappa shape index (κ1) is 10.6. The summed E-state index contributed by atoms with van der Waals surface area (Å²) in [5.74, 6) is 0.191. The van der Waals surface area contributed by atoms with E-state index in [1.54, 1.807) is 23.3 Å². The number of aromatic nitrogens is 2. The Morgan fingerprint density at radius 3 is 2.93 bits per heavy atom. The molecule has 1 aromatic heterocycles. The zero-order valence-electron chi connectivity index (χ0n) is 8.88. The van der Waals surface area contributed by atoms with Gasteiger partial charge >= 0.3 is 0 Å². The fraction of sp³-hybridized carbons (Fsp3) is 0.727. The van der Waals surface area contributed by atoms with Crippen molar-refractivity contribution in [3.05, 3.63) is 18.7 Å². The maximum Gasteiger partial charge on any atom is 0.121 e. The van der Waals surface area contributed by atoms with Crippen LogP contribution in [0.25, 0.3) is 0 Å². The van der Waals surface area contributed by atoms with Crippen LogP contribution < -0.4 is 0 Å². The van der Waals surface area contributed by atoms with E-state index in [2.05, 4.69) is 4.98 Å². The van der Waals surface area contributed by atoms with Gasteiger partial charge in [-0.15, -0.1) is 0 Å². The highest BCUT2D eigenvalue weighted by Crippen LogP contribution is 2.32. The SMILES string of the molecule is C[C@H]1CC[C@@H](F)C(n2ccnc2)CC1O. The maximum atomic E-state index is 13.9. The van der Waals surface area contributed by atoms with Crippen LogP contribution in [0.4, 0.5) is 4.39 Å². The lowest BCUT2D eigenvalue weighted by Crippen LogP contribution is -2.23. The van der Waals surface area contributed by atoms with Gasteiger partial charge in [0, 0.05) is 12.4 Å². The monoisotopic (exact) mass is 212 g/mol. The minimum atomic E-state index is -0.876. The molecule has 1 aromatic rings. The van der Waals surface area contributed by atoms with Crippen LogP contribution in [0, 0.1) is 5.92 Å². The fourth-order valence-corrected chi connectivity index (χ4v) is 2.21. The Balaban J connectivity index is 2.16. The van der Waals surface area contributed by atoms with Gasteiger partial charge in [-0.25, -0.2) is 9.37 Å². The largest absolute Gasteiger partial charge is 0.393 e. The van der Waals surface area contributed by atoms with Gasteiger partial charge in [0.1, 0.15) is 6.17 Å². The van der Waals surface area contributed by atoms with Crippen molar-refractivity contribution in [1.82, 2.24) is 9.55 Å². The molecule has 84 valence electrons. The van der Waals surface area contributed by atoms with Crippen LogP contribution in [-0.2, 0) is 0 Å². The lowest BCUT2D eigenvalue weighted by atomic mass is 9.99. The Morgan fingerprint density at radius 2 is 2.27 bits per heavy atom. The second-order valence-corrected chi connectivity index (χ2v) is 4.45. The third-order valence-corrected chi connectivity index (χ3v) is 3.36. The third kappa shape index (κ3) is 2.20. The van der Waals surface area contributed by atoms with Crippen molar-refractivity contribution >= 4 is 0 Å². The van der Waals surface area contributed by atoms with Gasteiger partial charge in [-0.05, 0) is 25.2 Å². The maximum absolute atomic E-state index is 13.9. The molecule has 0 bridgehead atoms. The zero-order chi connectivity index (χ0) is 10.8. The molecule has 4 heteroatoms. The van der Waals surface area contributed by atoms with Gasteiger partial charge in [-0.1, -0.05) is 6.92 Å². The summed E-state index contributed by atoms with van der Waals surface area (Å²) in [6.45, 7) is 1.98. The molecule has 0 aromatic carbocycles. The van der Waals surface area contributed by atoms with Gasteiger partial charge < -0.3 is 9.67 Å². The first-order valence-electron chi connectivity index (χ1n) is 5.48. The molecule has 0 aliphatic heterocycles. The Kier molecular flexibility index (Phi) is 3.05. The van der Waals surface area contributed by atoms with Crippen LogP contribution in [0.3, 0.4) is 0 Å². The first-order chi connectivity index (χ1) is 7.18. The fourth-order valence-electron chi connectivity index (χ4n) is 2.21. The van der Waals surface area contributed by atoms with E-state index >= 15 is 0 Å². The third-order valence-electron chi connectivity index (χ3n) is 3.36. The van der Waals surface area contributed by atoms with E-state index in [-0.39, 0.29) is 12.0 Å². The molecule has 2 rings (SSSR count). The van der Waals surface area contributed by atoms with Crippen molar-refractivity contribution in [3.8, 4) is 0 Å². The molecule has 1 fully saturated rings. The summed E-state index contributed by atoms with van der Waals surface area (Å²) >= 11 is 0. The van der Waals surface area contributed by atoms with Crippen LogP contribution >= 0.6 is 0 Å². The number of hydrogen-bond acceptors (Lipinski definition) is 2. The van der Waals surface area contributed by atoms with Crippen molar-refractivity contribution in [2.75, 3.05) is 0 Å². The molecule has 1 heterocycles. The summed E-state index contributed by atoms with van der Waals surface area (Å²) < 4.78 is 15.6. The van der Waals surface area contributed by atoms with Crippen molar-refractivity contribution in [2.45, 2.75) is 44.5 Å². The Morgan fingerprint density at radius 1 is 1.47 bits per heavy atom. The quantitative estimate of drug-likeness (QED) is 0.722. The lowest BCUT2D eigenvalue weighted by molar-refractivity contribution is 0.0926.